The average Bonchev–Trinajstić information content (AvgIpc) is 3.07. The molecule has 10 nitrogen and oxygen atoms in total. The summed E-state index contributed by atoms with van der Waals surface area (Å²) in [6.45, 7) is 2.00. The molecule has 0 radical (unpaired) electrons. The molecular formula is C15H26N6O4. The van der Waals surface area contributed by atoms with Gasteiger partial charge in [-0.25, -0.2) is 9.78 Å². The van der Waals surface area contributed by atoms with E-state index in [9.17, 15) is 19.5 Å². The Hall–Kier alpha value is -2.46. The van der Waals surface area contributed by atoms with Gasteiger partial charge in [0, 0.05) is 18.3 Å². The highest BCUT2D eigenvalue weighted by Crippen LogP contribution is 2.01. The lowest BCUT2D eigenvalue weighted by Gasteiger charge is -2.20. The number of unbranched alkanes of at least 4 members (excludes halogenated alkanes) is 1. The summed E-state index contributed by atoms with van der Waals surface area (Å²) in [5.74, 6) is -2.24. The fourth-order valence-electron chi connectivity index (χ4n) is 2.14. The van der Waals surface area contributed by atoms with E-state index in [0.29, 0.717) is 18.7 Å². The predicted octanol–water partition coefficient (Wildman–Crippen LogP) is -1.52. The predicted molar refractivity (Wildman–Crippen MR) is 90.3 cm³/mol. The van der Waals surface area contributed by atoms with Crippen molar-refractivity contribution in [2.24, 2.45) is 11.5 Å². The molecule has 3 atom stereocenters. The van der Waals surface area contributed by atoms with Gasteiger partial charge in [-0.1, -0.05) is 6.42 Å². The molecule has 0 aliphatic heterocycles. The van der Waals surface area contributed by atoms with E-state index in [1.807, 2.05) is 0 Å². The molecular weight excluding hydrogens is 328 g/mol. The van der Waals surface area contributed by atoms with Crippen LogP contribution in [0.1, 0.15) is 31.9 Å². The number of aliphatic carboxylic acids is 1. The third kappa shape index (κ3) is 7.31. The monoisotopic (exact) mass is 354 g/mol. The molecule has 140 valence electrons. The molecule has 0 aliphatic rings. The van der Waals surface area contributed by atoms with Crippen LogP contribution in [0.2, 0.25) is 0 Å². The van der Waals surface area contributed by atoms with Crippen molar-refractivity contribution in [3.05, 3.63) is 18.2 Å². The van der Waals surface area contributed by atoms with Gasteiger partial charge in [0.15, 0.2) is 0 Å². The first-order valence-electron chi connectivity index (χ1n) is 8.11. The standard InChI is InChI=1S/C15H26N6O4/c1-9(20-14(23)11(17)4-2-3-5-16)13(22)21-12(15(24)25)6-10-7-18-8-19-10/h7-9,11-12H,2-6,16-17H2,1H3,(H,18,19)(H,20,23)(H,21,22)(H,24,25). The molecule has 1 aromatic rings. The van der Waals surface area contributed by atoms with Crippen molar-refractivity contribution in [3.63, 3.8) is 0 Å². The van der Waals surface area contributed by atoms with Crippen molar-refractivity contribution in [1.29, 1.82) is 0 Å². The van der Waals surface area contributed by atoms with E-state index in [1.54, 1.807) is 0 Å². The summed E-state index contributed by atoms with van der Waals surface area (Å²) in [6, 6.07) is -2.77. The largest absolute Gasteiger partial charge is 0.480 e. The Morgan fingerprint density at radius 3 is 2.56 bits per heavy atom. The van der Waals surface area contributed by atoms with Gasteiger partial charge in [0.25, 0.3) is 0 Å². The minimum Gasteiger partial charge on any atom is -0.480 e. The minimum atomic E-state index is -1.18. The van der Waals surface area contributed by atoms with Gasteiger partial charge in [0.1, 0.15) is 12.1 Å². The fraction of sp³-hybridized carbons (Fsp3) is 0.600. The molecule has 0 aliphatic carbocycles. The second-order valence-corrected chi connectivity index (χ2v) is 5.80. The van der Waals surface area contributed by atoms with Gasteiger partial charge >= 0.3 is 5.97 Å². The number of carboxylic acid groups (broad SMARTS) is 1. The fourth-order valence-corrected chi connectivity index (χ4v) is 2.14. The Balaban J connectivity index is 2.50. The molecule has 25 heavy (non-hydrogen) atoms. The van der Waals surface area contributed by atoms with Crippen LogP contribution in [0.15, 0.2) is 12.5 Å². The van der Waals surface area contributed by atoms with Crippen LogP contribution < -0.4 is 22.1 Å². The first kappa shape index (κ1) is 20.6. The normalized spacial score (nSPS) is 14.4. The number of H-pyrrole nitrogens is 1. The Morgan fingerprint density at radius 2 is 2.00 bits per heavy atom. The molecule has 0 bridgehead atoms. The molecule has 0 spiro atoms. The third-order valence-electron chi connectivity index (χ3n) is 3.65. The van der Waals surface area contributed by atoms with Gasteiger partial charge in [0.05, 0.1) is 12.4 Å². The van der Waals surface area contributed by atoms with Crippen molar-refractivity contribution in [2.75, 3.05) is 6.54 Å². The third-order valence-corrected chi connectivity index (χ3v) is 3.65. The number of carboxylic acids is 1. The number of amides is 2. The smallest absolute Gasteiger partial charge is 0.326 e. The number of nitrogens with two attached hydrogens (primary N) is 2. The van der Waals surface area contributed by atoms with Crippen molar-refractivity contribution >= 4 is 17.8 Å². The van der Waals surface area contributed by atoms with Gasteiger partial charge in [0.2, 0.25) is 11.8 Å². The summed E-state index contributed by atoms with van der Waals surface area (Å²) >= 11 is 0. The average molecular weight is 354 g/mol. The minimum absolute atomic E-state index is 0.0559. The summed E-state index contributed by atoms with van der Waals surface area (Å²) in [7, 11) is 0. The first-order chi connectivity index (χ1) is 11.8. The van der Waals surface area contributed by atoms with E-state index in [4.69, 9.17) is 11.5 Å². The van der Waals surface area contributed by atoms with Gasteiger partial charge in [-0.05, 0) is 26.3 Å². The second-order valence-electron chi connectivity index (χ2n) is 5.80. The maximum Gasteiger partial charge on any atom is 0.326 e. The number of rotatable bonds is 11. The van der Waals surface area contributed by atoms with Crippen LogP contribution >= 0.6 is 0 Å². The second kappa shape index (κ2) is 10.4. The summed E-state index contributed by atoms with van der Waals surface area (Å²) in [5.41, 5.74) is 11.7. The van der Waals surface area contributed by atoms with E-state index in [0.717, 1.165) is 12.8 Å². The molecule has 1 heterocycles. The lowest BCUT2D eigenvalue weighted by molar-refractivity contribution is -0.142. The van der Waals surface area contributed by atoms with E-state index in [-0.39, 0.29) is 6.42 Å². The highest BCUT2D eigenvalue weighted by atomic mass is 16.4. The van der Waals surface area contributed by atoms with Crippen LogP contribution in [-0.2, 0) is 20.8 Å². The van der Waals surface area contributed by atoms with Crippen LogP contribution in [-0.4, -0.2) is 57.5 Å². The number of nitrogens with one attached hydrogen (secondary N) is 3. The van der Waals surface area contributed by atoms with Crippen molar-refractivity contribution in [3.8, 4) is 0 Å². The molecule has 8 N–H and O–H groups in total. The van der Waals surface area contributed by atoms with Crippen molar-refractivity contribution < 1.29 is 19.5 Å². The maximum atomic E-state index is 12.1. The number of hydrogen-bond acceptors (Lipinski definition) is 6. The highest BCUT2D eigenvalue weighted by Gasteiger charge is 2.25. The molecule has 2 amide bonds. The zero-order chi connectivity index (χ0) is 18.8. The Kier molecular flexibility index (Phi) is 8.57. The topological polar surface area (TPSA) is 176 Å². The van der Waals surface area contributed by atoms with Crippen molar-refractivity contribution in [1.82, 2.24) is 20.6 Å². The molecule has 1 rings (SSSR count). The van der Waals surface area contributed by atoms with Crippen LogP contribution in [0.25, 0.3) is 0 Å². The number of carbonyl (C=O) groups excluding carboxylic acids is 2. The first-order valence-corrected chi connectivity index (χ1v) is 8.11. The van der Waals surface area contributed by atoms with Crippen LogP contribution in [0.3, 0.4) is 0 Å². The van der Waals surface area contributed by atoms with E-state index in [1.165, 1.54) is 19.4 Å². The van der Waals surface area contributed by atoms with E-state index < -0.39 is 35.9 Å². The van der Waals surface area contributed by atoms with Crippen LogP contribution in [0.4, 0.5) is 0 Å². The zero-order valence-electron chi connectivity index (χ0n) is 14.2. The number of aromatic amines is 1. The summed E-state index contributed by atoms with van der Waals surface area (Å²) in [6.07, 6.45) is 4.91. The number of nitrogens with zero attached hydrogens (tertiary/aromatic N) is 1. The molecule has 0 aromatic carbocycles. The van der Waals surface area contributed by atoms with Crippen LogP contribution in [0, 0.1) is 0 Å². The van der Waals surface area contributed by atoms with E-state index in [2.05, 4.69) is 20.6 Å². The number of carbonyl (C=O) groups is 3. The van der Waals surface area contributed by atoms with Gasteiger partial charge in [-0.3, -0.25) is 9.59 Å². The Labute approximate surface area is 145 Å². The summed E-state index contributed by atoms with van der Waals surface area (Å²) in [5, 5.41) is 14.1. The lowest BCUT2D eigenvalue weighted by Crippen LogP contribution is -2.53. The summed E-state index contributed by atoms with van der Waals surface area (Å²) < 4.78 is 0. The highest BCUT2D eigenvalue weighted by molar-refractivity contribution is 5.91. The van der Waals surface area contributed by atoms with Crippen molar-refractivity contribution in [2.45, 2.75) is 50.7 Å². The van der Waals surface area contributed by atoms with Gasteiger partial charge in [-0.15, -0.1) is 0 Å². The molecule has 0 saturated carbocycles. The quantitative estimate of drug-likeness (QED) is 0.261. The molecule has 3 unspecified atom stereocenters. The van der Waals surface area contributed by atoms with Crippen LogP contribution in [0.5, 0.6) is 0 Å². The zero-order valence-corrected chi connectivity index (χ0v) is 14.2. The molecule has 10 heteroatoms. The number of hydrogen-bond donors (Lipinski definition) is 6. The number of imidazole rings is 1. The number of aromatic nitrogens is 2. The Bertz CT molecular complexity index is 562. The molecule has 1 aromatic heterocycles. The van der Waals surface area contributed by atoms with Gasteiger partial charge in [-0.2, -0.15) is 0 Å². The molecule has 0 fully saturated rings. The summed E-state index contributed by atoms with van der Waals surface area (Å²) in [4.78, 5) is 42.0. The van der Waals surface area contributed by atoms with E-state index >= 15 is 0 Å². The van der Waals surface area contributed by atoms with Gasteiger partial charge < -0.3 is 32.2 Å². The maximum absolute atomic E-state index is 12.1. The SMILES string of the molecule is CC(NC(=O)C(N)CCCCN)C(=O)NC(Cc1cnc[nH]1)C(=O)O. The molecule has 0 saturated heterocycles. The Morgan fingerprint density at radius 1 is 1.28 bits per heavy atom. The lowest BCUT2D eigenvalue weighted by atomic mass is 10.1.